The van der Waals surface area contributed by atoms with Crippen LogP contribution in [-0.4, -0.2) is 69.4 Å². The highest BCUT2D eigenvalue weighted by molar-refractivity contribution is 5.96. The van der Waals surface area contributed by atoms with Crippen molar-refractivity contribution in [1.82, 2.24) is 10.2 Å². The van der Waals surface area contributed by atoms with E-state index in [1.54, 1.807) is 0 Å². The van der Waals surface area contributed by atoms with E-state index >= 15 is 0 Å². The quantitative estimate of drug-likeness (QED) is 0.309. The Morgan fingerprint density at radius 2 is 1.88 bits per heavy atom. The molecule has 42 heavy (non-hydrogen) atoms. The molecule has 4 aliphatic carbocycles. The minimum absolute atomic E-state index is 0.0890. The summed E-state index contributed by atoms with van der Waals surface area (Å²) in [7, 11) is 0. The maximum atomic E-state index is 13.1. The van der Waals surface area contributed by atoms with Gasteiger partial charge in [0.05, 0.1) is 5.71 Å². The molecule has 0 spiro atoms. The van der Waals surface area contributed by atoms with E-state index in [1.165, 1.54) is 10.5 Å². The number of oxime groups is 1. The number of hydrogen-bond acceptors (Lipinski definition) is 6. The second-order valence-corrected chi connectivity index (χ2v) is 14.2. The molecule has 1 aliphatic heterocycles. The lowest BCUT2D eigenvalue weighted by Crippen LogP contribution is -2.54. The van der Waals surface area contributed by atoms with Gasteiger partial charge in [0.1, 0.15) is 17.7 Å². The number of aliphatic hydroxyl groups is 1. The van der Waals surface area contributed by atoms with Gasteiger partial charge in [-0.3, -0.25) is 9.59 Å². The molecule has 0 aromatic carbocycles. The zero-order chi connectivity index (χ0) is 30.4. The topological polar surface area (TPSA) is 129 Å². The molecule has 230 valence electrons. The highest BCUT2D eigenvalue weighted by atomic mass is 16.6. The molecule has 5 aliphatic rings. The lowest BCUT2D eigenvalue weighted by atomic mass is 9.46. The fourth-order valence-corrected chi connectivity index (χ4v) is 9.26. The molecule has 5 rings (SSSR count). The molecule has 0 radical (unpaired) electrons. The standard InChI is InChI=1S/C33H47N3O6/c1-6-33(41)16-13-25-23-10-9-21-18-22(11-14-31(21,4)24(23)12-15-32(25,33)5)35-42-19-27(37)34-28(20(2)3)29(38)36-17-7-8-26(36)30(39)40/h1,18,20,23-26,28,41H,7-17,19H2,2-5H3,(H,34,37)(H,39,40)/b35-22-/t23-,24+,25+,26-,28-,31+,32+,33-/m1/s1. The van der Waals surface area contributed by atoms with E-state index in [4.69, 9.17) is 11.3 Å². The maximum absolute atomic E-state index is 13.1. The molecule has 0 aromatic heterocycles. The van der Waals surface area contributed by atoms with E-state index < -0.39 is 29.6 Å². The predicted molar refractivity (Wildman–Crippen MR) is 158 cm³/mol. The predicted octanol–water partition coefficient (Wildman–Crippen LogP) is 3.90. The average molecular weight is 582 g/mol. The third-order valence-corrected chi connectivity index (χ3v) is 11.8. The second-order valence-electron chi connectivity index (χ2n) is 14.2. The zero-order valence-electron chi connectivity index (χ0n) is 25.5. The number of carboxylic acid groups (broad SMARTS) is 1. The van der Waals surface area contributed by atoms with E-state index in [2.05, 4.69) is 36.3 Å². The number of rotatable bonds is 7. The van der Waals surface area contributed by atoms with Crippen LogP contribution in [0.3, 0.4) is 0 Å². The van der Waals surface area contributed by atoms with Crippen molar-refractivity contribution in [3.8, 4) is 12.3 Å². The number of amides is 2. The number of hydrogen-bond donors (Lipinski definition) is 3. The van der Waals surface area contributed by atoms with Crippen molar-refractivity contribution in [3.63, 3.8) is 0 Å². The number of likely N-dealkylation sites (tertiary alicyclic amines) is 1. The smallest absolute Gasteiger partial charge is 0.326 e. The Balaban J connectivity index is 1.19. The van der Waals surface area contributed by atoms with Crippen LogP contribution < -0.4 is 5.32 Å². The number of aliphatic carboxylic acids is 1. The van der Waals surface area contributed by atoms with Crippen molar-refractivity contribution in [2.24, 2.45) is 39.7 Å². The van der Waals surface area contributed by atoms with Gasteiger partial charge in [0, 0.05) is 12.0 Å². The summed E-state index contributed by atoms with van der Waals surface area (Å²) in [6.07, 6.45) is 16.6. The van der Waals surface area contributed by atoms with Crippen LogP contribution in [0.1, 0.15) is 91.9 Å². The summed E-state index contributed by atoms with van der Waals surface area (Å²) in [6.45, 7) is 8.32. The first-order valence-electron chi connectivity index (χ1n) is 15.8. The third kappa shape index (κ3) is 5.04. The monoisotopic (exact) mass is 581 g/mol. The van der Waals surface area contributed by atoms with Gasteiger partial charge in [-0.1, -0.05) is 44.3 Å². The summed E-state index contributed by atoms with van der Waals surface area (Å²) >= 11 is 0. The van der Waals surface area contributed by atoms with E-state index in [0.29, 0.717) is 43.6 Å². The van der Waals surface area contributed by atoms with Crippen molar-refractivity contribution in [2.75, 3.05) is 13.2 Å². The van der Waals surface area contributed by atoms with Gasteiger partial charge in [-0.25, -0.2) is 4.79 Å². The van der Waals surface area contributed by atoms with Crippen molar-refractivity contribution in [2.45, 2.75) is 110 Å². The van der Waals surface area contributed by atoms with Gasteiger partial charge in [0.25, 0.3) is 5.91 Å². The first-order valence-corrected chi connectivity index (χ1v) is 15.8. The van der Waals surface area contributed by atoms with Crippen LogP contribution in [0.25, 0.3) is 0 Å². The molecular formula is C33H47N3O6. The number of nitrogens with zero attached hydrogens (tertiary/aromatic N) is 2. The summed E-state index contributed by atoms with van der Waals surface area (Å²) in [5.41, 5.74) is 1.12. The van der Waals surface area contributed by atoms with Crippen LogP contribution in [0.15, 0.2) is 16.8 Å². The van der Waals surface area contributed by atoms with Crippen LogP contribution in [-0.2, 0) is 19.2 Å². The fraction of sp³-hybridized carbons (Fsp3) is 0.758. The molecule has 1 heterocycles. The fourth-order valence-electron chi connectivity index (χ4n) is 9.26. The molecule has 9 nitrogen and oxygen atoms in total. The molecule has 3 N–H and O–H groups in total. The van der Waals surface area contributed by atoms with E-state index in [9.17, 15) is 24.6 Å². The molecule has 0 unspecified atom stereocenters. The number of carbonyl (C=O) groups is 3. The number of terminal acetylenes is 1. The number of nitrogens with one attached hydrogen (secondary N) is 1. The highest BCUT2D eigenvalue weighted by Crippen LogP contribution is 2.67. The van der Waals surface area contributed by atoms with Gasteiger partial charge >= 0.3 is 5.97 Å². The summed E-state index contributed by atoms with van der Waals surface area (Å²) in [4.78, 5) is 44.2. The van der Waals surface area contributed by atoms with Gasteiger partial charge in [0.2, 0.25) is 5.91 Å². The van der Waals surface area contributed by atoms with Gasteiger partial charge in [-0.05, 0) is 99.4 Å². The Bertz CT molecular complexity index is 1220. The zero-order valence-corrected chi connectivity index (χ0v) is 25.5. The summed E-state index contributed by atoms with van der Waals surface area (Å²) in [5, 5.41) is 27.7. The molecule has 4 fully saturated rings. The first kappa shape index (κ1) is 30.6. The molecule has 0 aromatic rings. The van der Waals surface area contributed by atoms with Gasteiger partial charge in [0.15, 0.2) is 6.61 Å². The molecule has 9 heteroatoms. The maximum Gasteiger partial charge on any atom is 0.326 e. The SMILES string of the molecule is C#C[C@@]1(O)CC[C@H]2[C@@H]3CCC4=C/C(=N\OCC(=O)N[C@@H](C(=O)N5CCC[C@@H]5C(=O)O)C(C)C)CC[C@]4(C)[C@H]3CC[C@@]21C. The number of carbonyl (C=O) groups excluding carboxylic acids is 2. The molecule has 0 bridgehead atoms. The lowest BCUT2D eigenvalue weighted by molar-refractivity contribution is -0.150. The van der Waals surface area contributed by atoms with Gasteiger partial charge < -0.3 is 25.3 Å². The molecule has 3 saturated carbocycles. The summed E-state index contributed by atoms with van der Waals surface area (Å²) < 4.78 is 0. The van der Waals surface area contributed by atoms with Crippen molar-refractivity contribution >= 4 is 23.5 Å². The van der Waals surface area contributed by atoms with Gasteiger partial charge in [-0.15, -0.1) is 6.42 Å². The Kier molecular flexibility index (Phi) is 8.25. The molecule has 8 atom stereocenters. The average Bonchev–Trinajstić information content (AvgIpc) is 3.55. The molecule has 2 amide bonds. The van der Waals surface area contributed by atoms with Crippen LogP contribution >= 0.6 is 0 Å². The largest absolute Gasteiger partial charge is 0.480 e. The molecule has 1 saturated heterocycles. The van der Waals surface area contributed by atoms with Crippen molar-refractivity contribution < 1.29 is 29.4 Å². The van der Waals surface area contributed by atoms with Crippen molar-refractivity contribution in [1.29, 1.82) is 0 Å². The van der Waals surface area contributed by atoms with E-state index in [-0.39, 0.29) is 29.3 Å². The lowest BCUT2D eigenvalue weighted by Gasteiger charge is -2.58. The van der Waals surface area contributed by atoms with Crippen LogP contribution in [0, 0.1) is 46.8 Å². The molecular weight excluding hydrogens is 534 g/mol. The minimum atomic E-state index is -1.02. The Morgan fingerprint density at radius 1 is 1.14 bits per heavy atom. The van der Waals surface area contributed by atoms with Crippen LogP contribution in [0.5, 0.6) is 0 Å². The Labute approximate surface area is 249 Å². The number of allylic oxidation sites excluding steroid dienone is 2. The van der Waals surface area contributed by atoms with Gasteiger partial charge in [-0.2, -0.15) is 0 Å². The minimum Gasteiger partial charge on any atom is -0.480 e. The highest BCUT2D eigenvalue weighted by Gasteiger charge is 2.63. The first-order chi connectivity index (χ1) is 19.8. The van der Waals surface area contributed by atoms with Crippen LogP contribution in [0.2, 0.25) is 0 Å². The number of carboxylic acids is 1. The van der Waals surface area contributed by atoms with E-state index in [1.807, 2.05) is 13.8 Å². The van der Waals surface area contributed by atoms with E-state index in [0.717, 1.165) is 50.7 Å². The Morgan fingerprint density at radius 3 is 2.57 bits per heavy atom. The van der Waals surface area contributed by atoms with Crippen molar-refractivity contribution in [3.05, 3.63) is 11.6 Å². The normalized spacial score (nSPS) is 39.0. The van der Waals surface area contributed by atoms with Crippen LogP contribution in [0.4, 0.5) is 0 Å². The second kappa shape index (κ2) is 11.3. The third-order valence-electron chi connectivity index (χ3n) is 11.8. The summed E-state index contributed by atoms with van der Waals surface area (Å²) in [6, 6.07) is -1.67. The number of fused-ring (bicyclic) bond motifs is 5. The summed E-state index contributed by atoms with van der Waals surface area (Å²) in [5.74, 6) is 2.29. The Hall–Kier alpha value is -2.86.